The van der Waals surface area contributed by atoms with Crippen LogP contribution in [0, 0.1) is 5.92 Å². The van der Waals surface area contributed by atoms with E-state index in [-0.39, 0.29) is 5.92 Å². The van der Waals surface area contributed by atoms with Gasteiger partial charge in [-0.2, -0.15) is 0 Å². The molecule has 2 aromatic carbocycles. The Bertz CT molecular complexity index is 737. The average molecular weight is 326 g/mol. The predicted molar refractivity (Wildman–Crippen MR) is 91.2 cm³/mol. The Morgan fingerprint density at radius 2 is 1.92 bits per heavy atom. The number of hydrogen-bond acceptors (Lipinski definition) is 3. The second-order valence-electron chi connectivity index (χ2n) is 6.89. The molecule has 126 valence electrons. The summed E-state index contributed by atoms with van der Waals surface area (Å²) >= 11 is 0. The van der Waals surface area contributed by atoms with Crippen molar-refractivity contribution < 1.29 is 19.7 Å². The third-order valence-corrected chi connectivity index (χ3v) is 4.83. The second-order valence-corrected chi connectivity index (χ2v) is 6.89. The first-order valence-corrected chi connectivity index (χ1v) is 8.12. The maximum absolute atomic E-state index is 11.4. The standard InChI is InChI=1S/C20H22O4/c1-20(2,19(22)23)15-8-9-16-17(11-15)24-12-14(18(16)21)10-13-6-4-3-5-7-13/h3-9,11,14,18,21H,10,12H2,1-2H3,(H,22,23)/t14-,18-/m0/s1. The van der Waals surface area contributed by atoms with Gasteiger partial charge in [-0.15, -0.1) is 0 Å². The zero-order valence-electron chi connectivity index (χ0n) is 13.9. The van der Waals surface area contributed by atoms with Crippen molar-refractivity contribution in [3.05, 3.63) is 65.2 Å². The van der Waals surface area contributed by atoms with Gasteiger partial charge in [0.05, 0.1) is 18.1 Å². The van der Waals surface area contributed by atoms with Crippen LogP contribution in [-0.2, 0) is 16.6 Å². The number of aliphatic hydroxyl groups excluding tert-OH is 1. The molecule has 0 bridgehead atoms. The Morgan fingerprint density at radius 1 is 1.21 bits per heavy atom. The first-order valence-electron chi connectivity index (χ1n) is 8.12. The normalized spacial score (nSPS) is 20.1. The van der Waals surface area contributed by atoms with E-state index in [1.807, 2.05) is 30.3 Å². The molecule has 0 saturated carbocycles. The van der Waals surface area contributed by atoms with Crippen LogP contribution in [-0.4, -0.2) is 22.8 Å². The van der Waals surface area contributed by atoms with Crippen molar-refractivity contribution >= 4 is 5.97 Å². The maximum atomic E-state index is 11.4. The van der Waals surface area contributed by atoms with Crippen LogP contribution in [0.5, 0.6) is 5.75 Å². The number of carbonyl (C=O) groups is 1. The van der Waals surface area contributed by atoms with Gasteiger partial charge in [0, 0.05) is 11.5 Å². The summed E-state index contributed by atoms with van der Waals surface area (Å²) in [6.07, 6.45) is 0.125. The van der Waals surface area contributed by atoms with E-state index in [1.165, 1.54) is 0 Å². The van der Waals surface area contributed by atoms with E-state index < -0.39 is 17.5 Å². The zero-order valence-corrected chi connectivity index (χ0v) is 13.9. The molecule has 0 aliphatic carbocycles. The largest absolute Gasteiger partial charge is 0.493 e. The Balaban J connectivity index is 1.84. The lowest BCUT2D eigenvalue weighted by Crippen LogP contribution is -2.30. The van der Waals surface area contributed by atoms with Gasteiger partial charge in [-0.3, -0.25) is 4.79 Å². The average Bonchev–Trinajstić information content (AvgIpc) is 2.58. The Kier molecular flexibility index (Phi) is 4.33. The van der Waals surface area contributed by atoms with Crippen molar-refractivity contribution in [2.75, 3.05) is 6.61 Å². The number of aliphatic carboxylic acids is 1. The van der Waals surface area contributed by atoms with Crippen molar-refractivity contribution in [1.29, 1.82) is 0 Å². The first-order chi connectivity index (χ1) is 11.4. The molecular weight excluding hydrogens is 304 g/mol. The number of benzene rings is 2. The summed E-state index contributed by atoms with van der Waals surface area (Å²) in [5.74, 6) is -0.322. The number of fused-ring (bicyclic) bond motifs is 1. The monoisotopic (exact) mass is 326 g/mol. The van der Waals surface area contributed by atoms with Gasteiger partial charge in [0.1, 0.15) is 5.75 Å². The van der Waals surface area contributed by atoms with Crippen LogP contribution in [0.2, 0.25) is 0 Å². The molecule has 4 nitrogen and oxygen atoms in total. The van der Waals surface area contributed by atoms with Crippen LogP contribution in [0.25, 0.3) is 0 Å². The van der Waals surface area contributed by atoms with Crippen LogP contribution >= 0.6 is 0 Å². The number of ether oxygens (including phenoxy) is 1. The molecule has 1 heterocycles. The minimum absolute atomic E-state index is 0.0155. The minimum Gasteiger partial charge on any atom is -0.493 e. The number of rotatable bonds is 4. The van der Waals surface area contributed by atoms with E-state index in [0.29, 0.717) is 17.9 Å². The van der Waals surface area contributed by atoms with Gasteiger partial charge in [-0.1, -0.05) is 42.5 Å². The van der Waals surface area contributed by atoms with Crippen LogP contribution in [0.3, 0.4) is 0 Å². The first kappa shape index (κ1) is 16.5. The molecule has 0 unspecified atom stereocenters. The van der Waals surface area contributed by atoms with Gasteiger partial charge in [0.25, 0.3) is 0 Å². The molecule has 2 aromatic rings. The SMILES string of the molecule is CC(C)(C(=O)O)c1ccc2c(c1)OC[C@H](Cc1ccccc1)[C@@H]2O. The van der Waals surface area contributed by atoms with Crippen LogP contribution < -0.4 is 4.74 Å². The van der Waals surface area contributed by atoms with E-state index >= 15 is 0 Å². The van der Waals surface area contributed by atoms with Gasteiger partial charge in [0.2, 0.25) is 0 Å². The Hall–Kier alpha value is -2.33. The summed E-state index contributed by atoms with van der Waals surface area (Å²) in [7, 11) is 0. The second kappa shape index (κ2) is 6.29. The summed E-state index contributed by atoms with van der Waals surface area (Å²) in [5.41, 5.74) is 1.57. The van der Waals surface area contributed by atoms with Crippen molar-refractivity contribution in [3.8, 4) is 5.75 Å². The lowest BCUT2D eigenvalue weighted by molar-refractivity contribution is -0.142. The van der Waals surface area contributed by atoms with Crippen molar-refractivity contribution in [2.24, 2.45) is 5.92 Å². The number of hydrogen-bond donors (Lipinski definition) is 2. The highest BCUT2D eigenvalue weighted by Crippen LogP contribution is 2.39. The van der Waals surface area contributed by atoms with Gasteiger partial charge in [-0.05, 0) is 37.5 Å². The summed E-state index contributed by atoms with van der Waals surface area (Å²) < 4.78 is 5.84. The molecule has 0 saturated heterocycles. The van der Waals surface area contributed by atoms with Crippen molar-refractivity contribution in [1.82, 2.24) is 0 Å². The predicted octanol–water partition coefficient (Wildman–Crippen LogP) is 3.33. The summed E-state index contributed by atoms with van der Waals surface area (Å²) in [4.78, 5) is 11.4. The number of carboxylic acids is 1. The highest BCUT2D eigenvalue weighted by molar-refractivity contribution is 5.80. The molecule has 2 N–H and O–H groups in total. The van der Waals surface area contributed by atoms with E-state index in [9.17, 15) is 15.0 Å². The Morgan fingerprint density at radius 3 is 2.58 bits per heavy atom. The number of carboxylic acid groups (broad SMARTS) is 1. The fourth-order valence-electron chi connectivity index (χ4n) is 3.05. The molecule has 0 amide bonds. The van der Waals surface area contributed by atoms with Gasteiger partial charge >= 0.3 is 5.97 Å². The summed E-state index contributed by atoms with van der Waals surface area (Å²) in [6.45, 7) is 3.74. The van der Waals surface area contributed by atoms with Crippen LogP contribution in [0.4, 0.5) is 0 Å². The van der Waals surface area contributed by atoms with Gasteiger partial charge < -0.3 is 14.9 Å². The topological polar surface area (TPSA) is 66.8 Å². The molecule has 24 heavy (non-hydrogen) atoms. The maximum Gasteiger partial charge on any atom is 0.313 e. The lowest BCUT2D eigenvalue weighted by Gasteiger charge is -2.32. The van der Waals surface area contributed by atoms with E-state index in [0.717, 1.165) is 17.5 Å². The molecule has 0 radical (unpaired) electrons. The fourth-order valence-corrected chi connectivity index (χ4v) is 3.05. The molecule has 2 atom stereocenters. The van der Waals surface area contributed by atoms with Crippen molar-refractivity contribution in [3.63, 3.8) is 0 Å². The molecule has 0 spiro atoms. The smallest absolute Gasteiger partial charge is 0.313 e. The molecule has 1 aliphatic heterocycles. The van der Waals surface area contributed by atoms with E-state index in [1.54, 1.807) is 32.0 Å². The number of aliphatic hydroxyl groups is 1. The Labute approximate surface area is 141 Å². The quantitative estimate of drug-likeness (QED) is 0.904. The third-order valence-electron chi connectivity index (χ3n) is 4.83. The third kappa shape index (κ3) is 3.02. The molecule has 0 aromatic heterocycles. The molecule has 3 rings (SSSR count). The highest BCUT2D eigenvalue weighted by Gasteiger charge is 2.34. The van der Waals surface area contributed by atoms with Gasteiger partial charge in [-0.25, -0.2) is 0 Å². The lowest BCUT2D eigenvalue weighted by atomic mass is 9.82. The molecule has 4 heteroatoms. The van der Waals surface area contributed by atoms with Crippen LogP contribution in [0.1, 0.15) is 36.6 Å². The molecule has 0 fully saturated rings. The van der Waals surface area contributed by atoms with E-state index in [4.69, 9.17) is 4.74 Å². The van der Waals surface area contributed by atoms with Gasteiger partial charge in [0.15, 0.2) is 0 Å². The fraction of sp³-hybridized carbons (Fsp3) is 0.350. The molecular formula is C20H22O4. The summed E-state index contributed by atoms with van der Waals surface area (Å²) in [6, 6.07) is 15.3. The van der Waals surface area contributed by atoms with E-state index in [2.05, 4.69) is 0 Å². The molecule has 1 aliphatic rings. The summed E-state index contributed by atoms with van der Waals surface area (Å²) in [5, 5.41) is 20.1. The van der Waals surface area contributed by atoms with Crippen molar-refractivity contribution in [2.45, 2.75) is 31.8 Å². The highest BCUT2D eigenvalue weighted by atomic mass is 16.5. The zero-order chi connectivity index (χ0) is 17.3. The minimum atomic E-state index is -0.996. The van der Waals surface area contributed by atoms with Crippen LogP contribution in [0.15, 0.2) is 48.5 Å².